The Balaban J connectivity index is 2.55. The minimum Gasteiger partial charge on any atom is -0.392 e. The van der Waals surface area contributed by atoms with Gasteiger partial charge in [0.15, 0.2) is 5.78 Å². The fourth-order valence-electron chi connectivity index (χ4n) is 2.98. The fourth-order valence-corrected chi connectivity index (χ4v) is 4.39. The highest BCUT2D eigenvalue weighted by atomic mass is 32.2. The largest absolute Gasteiger partial charge is 0.392 e. The molecule has 3 nitrogen and oxygen atoms in total. The van der Waals surface area contributed by atoms with Crippen molar-refractivity contribution in [3.63, 3.8) is 0 Å². The number of hydrogen-bond donors (Lipinski definition) is 1. The summed E-state index contributed by atoms with van der Waals surface area (Å²) in [6, 6.07) is 2.15. The molecule has 0 spiro atoms. The molecule has 0 aromatic heterocycles. The number of aliphatic hydroxyl groups excluding tert-OH is 1. The van der Waals surface area contributed by atoms with Crippen LogP contribution in [0.5, 0.6) is 0 Å². The lowest BCUT2D eigenvalue weighted by Gasteiger charge is -2.22. The molecular formula is C21H33NO2S. The van der Waals surface area contributed by atoms with Gasteiger partial charge in [0.05, 0.1) is 12.2 Å². The maximum Gasteiger partial charge on any atom is 0.160 e. The van der Waals surface area contributed by atoms with Gasteiger partial charge in [0.25, 0.3) is 0 Å². The third-order valence-corrected chi connectivity index (χ3v) is 6.31. The summed E-state index contributed by atoms with van der Waals surface area (Å²) in [5.74, 6) is 0.936. The summed E-state index contributed by atoms with van der Waals surface area (Å²) in [5, 5.41) is 19.1. The molecule has 0 aliphatic carbocycles. The number of allylic oxidation sites excluding steroid dienone is 3. The third-order valence-electron chi connectivity index (χ3n) is 4.84. The van der Waals surface area contributed by atoms with Crippen molar-refractivity contribution in [2.45, 2.75) is 77.1 Å². The highest BCUT2D eigenvalue weighted by Crippen LogP contribution is 2.36. The van der Waals surface area contributed by atoms with Gasteiger partial charge in [-0.25, -0.2) is 0 Å². The van der Waals surface area contributed by atoms with Gasteiger partial charge in [-0.15, -0.1) is 0 Å². The normalized spacial score (nSPS) is 24.2. The van der Waals surface area contributed by atoms with Crippen molar-refractivity contribution in [1.82, 2.24) is 0 Å². The Bertz CT molecular complexity index is 505. The van der Waals surface area contributed by atoms with Crippen LogP contribution in [0.1, 0.15) is 65.7 Å². The van der Waals surface area contributed by atoms with Gasteiger partial charge in [0.1, 0.15) is 0 Å². The summed E-state index contributed by atoms with van der Waals surface area (Å²) in [6.07, 6.45) is 14.0. The SMILES string of the molecule is CCCCC(C)(C)C(=O)C=C[C@H]1[C@@H](O)CS[C@@H]1CC=CCCCC#N. The lowest BCUT2D eigenvalue weighted by molar-refractivity contribution is -0.122. The quantitative estimate of drug-likeness (QED) is 0.316. The van der Waals surface area contributed by atoms with E-state index in [0.29, 0.717) is 11.7 Å². The summed E-state index contributed by atoms with van der Waals surface area (Å²) in [5.41, 5.74) is -0.320. The molecule has 4 heteroatoms. The minimum absolute atomic E-state index is 0.0414. The van der Waals surface area contributed by atoms with Crippen molar-refractivity contribution in [2.75, 3.05) is 5.75 Å². The number of unbranched alkanes of at least 4 members (excludes halogenated alkanes) is 3. The lowest BCUT2D eigenvalue weighted by Crippen LogP contribution is -2.24. The van der Waals surface area contributed by atoms with E-state index in [9.17, 15) is 9.90 Å². The van der Waals surface area contributed by atoms with E-state index in [1.54, 1.807) is 17.8 Å². The lowest BCUT2D eigenvalue weighted by atomic mass is 9.82. The van der Waals surface area contributed by atoms with Crippen LogP contribution in [0.2, 0.25) is 0 Å². The highest BCUT2D eigenvalue weighted by Gasteiger charge is 2.33. The second kappa shape index (κ2) is 11.5. The molecule has 0 amide bonds. The van der Waals surface area contributed by atoms with Gasteiger partial charge in [-0.2, -0.15) is 17.0 Å². The van der Waals surface area contributed by atoms with E-state index in [1.807, 2.05) is 19.9 Å². The van der Waals surface area contributed by atoms with Gasteiger partial charge in [0.2, 0.25) is 0 Å². The molecule has 1 aliphatic heterocycles. The predicted octanol–water partition coefficient (Wildman–Crippen LogP) is 5.06. The van der Waals surface area contributed by atoms with Gasteiger partial charge in [-0.05, 0) is 31.8 Å². The predicted molar refractivity (Wildman–Crippen MR) is 106 cm³/mol. The summed E-state index contributed by atoms with van der Waals surface area (Å²) in [7, 11) is 0. The van der Waals surface area contributed by atoms with E-state index in [1.165, 1.54) is 0 Å². The van der Waals surface area contributed by atoms with E-state index in [-0.39, 0.29) is 23.2 Å². The molecule has 25 heavy (non-hydrogen) atoms. The van der Waals surface area contributed by atoms with Crippen molar-refractivity contribution >= 4 is 17.5 Å². The molecule has 3 atom stereocenters. The highest BCUT2D eigenvalue weighted by molar-refractivity contribution is 8.00. The molecular weight excluding hydrogens is 330 g/mol. The minimum atomic E-state index is -0.371. The summed E-state index contributed by atoms with van der Waals surface area (Å²) < 4.78 is 0. The van der Waals surface area contributed by atoms with Crippen LogP contribution in [0.15, 0.2) is 24.3 Å². The summed E-state index contributed by atoms with van der Waals surface area (Å²) in [6.45, 7) is 6.16. The first-order chi connectivity index (χ1) is 11.9. The molecule has 1 saturated heterocycles. The van der Waals surface area contributed by atoms with Crippen LogP contribution in [-0.2, 0) is 4.79 Å². The van der Waals surface area contributed by atoms with E-state index in [4.69, 9.17) is 5.26 Å². The van der Waals surface area contributed by atoms with Crippen LogP contribution >= 0.6 is 11.8 Å². The molecule has 140 valence electrons. The molecule has 0 unspecified atom stereocenters. The van der Waals surface area contributed by atoms with Crippen molar-refractivity contribution in [2.24, 2.45) is 11.3 Å². The van der Waals surface area contributed by atoms with Gasteiger partial charge in [-0.3, -0.25) is 4.79 Å². The maximum atomic E-state index is 12.5. The van der Waals surface area contributed by atoms with Crippen molar-refractivity contribution in [3.8, 4) is 6.07 Å². The van der Waals surface area contributed by atoms with Crippen molar-refractivity contribution < 1.29 is 9.90 Å². The van der Waals surface area contributed by atoms with Crippen molar-refractivity contribution in [1.29, 1.82) is 5.26 Å². The zero-order chi connectivity index (χ0) is 18.7. The number of carbonyl (C=O) groups is 1. The van der Waals surface area contributed by atoms with Gasteiger partial charge in [-0.1, -0.05) is 51.8 Å². The maximum absolute atomic E-state index is 12.5. The molecule has 1 aliphatic rings. The monoisotopic (exact) mass is 363 g/mol. The van der Waals surface area contributed by atoms with Crippen LogP contribution in [-0.4, -0.2) is 28.0 Å². The zero-order valence-electron chi connectivity index (χ0n) is 15.9. The molecule has 0 saturated carbocycles. The summed E-state index contributed by atoms with van der Waals surface area (Å²) in [4.78, 5) is 12.5. The molecule has 1 heterocycles. The molecule has 1 fully saturated rings. The fraction of sp³-hybridized carbons (Fsp3) is 0.714. The Morgan fingerprint density at radius 3 is 2.80 bits per heavy atom. The van der Waals surface area contributed by atoms with Crippen LogP contribution in [0.3, 0.4) is 0 Å². The van der Waals surface area contributed by atoms with Crippen molar-refractivity contribution in [3.05, 3.63) is 24.3 Å². The first-order valence-electron chi connectivity index (χ1n) is 9.46. The van der Waals surface area contributed by atoms with Crippen LogP contribution in [0.25, 0.3) is 0 Å². The number of nitrogens with zero attached hydrogens (tertiary/aromatic N) is 1. The number of hydrogen-bond acceptors (Lipinski definition) is 4. The number of ketones is 1. The standard InChI is InChI=1S/C21H33NO2S/c1-4-5-14-21(2,3)20(24)13-12-17-18(23)16-25-19(17)11-9-7-6-8-10-15-22/h7,9,12-13,17-19,23H,4-6,8,10-11,14,16H2,1-3H3/t17-,18-,19+/m0/s1. The van der Waals surface area contributed by atoms with E-state index >= 15 is 0 Å². The topological polar surface area (TPSA) is 61.1 Å². The Hall–Kier alpha value is -1.05. The number of nitriles is 1. The Kier molecular flexibility index (Phi) is 10.2. The summed E-state index contributed by atoms with van der Waals surface area (Å²) >= 11 is 1.78. The molecule has 0 aromatic rings. The van der Waals surface area contributed by atoms with Crippen LogP contribution < -0.4 is 0 Å². The average Bonchev–Trinajstić information content (AvgIpc) is 2.93. The second-order valence-corrected chi connectivity index (χ2v) is 8.76. The first kappa shape index (κ1) is 22.0. The van der Waals surface area contributed by atoms with E-state index in [2.05, 4.69) is 25.1 Å². The van der Waals surface area contributed by atoms with E-state index < -0.39 is 0 Å². The number of aliphatic hydroxyl groups is 1. The molecule has 0 radical (unpaired) electrons. The molecule has 0 aromatic carbocycles. The number of carbonyl (C=O) groups excluding carboxylic acids is 1. The Morgan fingerprint density at radius 1 is 1.36 bits per heavy atom. The Morgan fingerprint density at radius 2 is 2.12 bits per heavy atom. The molecule has 1 rings (SSSR count). The zero-order valence-corrected chi connectivity index (χ0v) is 16.7. The number of thioether (sulfide) groups is 1. The Labute approximate surface area is 157 Å². The smallest absolute Gasteiger partial charge is 0.160 e. The number of rotatable bonds is 11. The molecule has 1 N–H and O–H groups in total. The molecule has 0 bridgehead atoms. The average molecular weight is 364 g/mol. The first-order valence-corrected chi connectivity index (χ1v) is 10.5. The van der Waals surface area contributed by atoms with Gasteiger partial charge in [0, 0.05) is 28.8 Å². The third kappa shape index (κ3) is 7.79. The van der Waals surface area contributed by atoms with Crippen LogP contribution in [0.4, 0.5) is 0 Å². The van der Waals surface area contributed by atoms with E-state index in [0.717, 1.165) is 44.3 Å². The van der Waals surface area contributed by atoms with Gasteiger partial charge < -0.3 is 5.11 Å². The second-order valence-electron chi connectivity index (χ2n) is 7.48. The van der Waals surface area contributed by atoms with Crippen LogP contribution in [0, 0.1) is 22.7 Å². The van der Waals surface area contributed by atoms with Gasteiger partial charge >= 0.3 is 0 Å².